The van der Waals surface area contributed by atoms with E-state index in [2.05, 4.69) is 5.32 Å². The van der Waals surface area contributed by atoms with E-state index in [4.69, 9.17) is 5.73 Å². The molecule has 0 aliphatic rings. The maximum atomic E-state index is 12.7. The minimum atomic E-state index is -0.372. The van der Waals surface area contributed by atoms with Gasteiger partial charge in [-0.3, -0.25) is 0 Å². The number of nitrogen functional groups attached to an aromatic ring is 1. The smallest absolute Gasteiger partial charge is 0.148 e. The van der Waals surface area contributed by atoms with Gasteiger partial charge in [0.2, 0.25) is 0 Å². The highest BCUT2D eigenvalue weighted by Gasteiger charge is 1.97. The molecule has 3 heteroatoms. The van der Waals surface area contributed by atoms with Crippen molar-refractivity contribution in [3.63, 3.8) is 0 Å². The lowest BCUT2D eigenvalue weighted by molar-refractivity contribution is 0.633. The molecule has 0 saturated heterocycles. The van der Waals surface area contributed by atoms with Crippen LogP contribution in [-0.4, -0.2) is 6.54 Å². The molecule has 1 aromatic carbocycles. The van der Waals surface area contributed by atoms with E-state index in [0.717, 1.165) is 12.2 Å². The largest absolute Gasteiger partial charge is 0.396 e. The summed E-state index contributed by atoms with van der Waals surface area (Å²) in [4.78, 5) is 0. The second-order valence-electron chi connectivity index (χ2n) is 2.27. The fourth-order valence-corrected chi connectivity index (χ4v) is 0.841. The number of hydrogen-bond acceptors (Lipinski definition) is 2. The quantitative estimate of drug-likeness (QED) is 0.638. The van der Waals surface area contributed by atoms with Crippen LogP contribution in [0.25, 0.3) is 0 Å². The monoisotopic (exact) mass is 154 g/mol. The predicted octanol–water partition coefficient (Wildman–Crippen LogP) is 1.84. The van der Waals surface area contributed by atoms with Crippen LogP contribution in [0.2, 0.25) is 0 Å². The number of anilines is 2. The first-order chi connectivity index (χ1) is 5.24. The van der Waals surface area contributed by atoms with Gasteiger partial charge < -0.3 is 11.1 Å². The lowest BCUT2D eigenvalue weighted by atomic mass is 10.3. The Morgan fingerprint density at radius 2 is 2.27 bits per heavy atom. The Hall–Kier alpha value is -1.25. The second kappa shape index (κ2) is 3.23. The minimum absolute atomic E-state index is 0.187. The summed E-state index contributed by atoms with van der Waals surface area (Å²) in [6.07, 6.45) is 0. The van der Waals surface area contributed by atoms with Gasteiger partial charge in [0.1, 0.15) is 5.82 Å². The van der Waals surface area contributed by atoms with Crippen LogP contribution in [0.1, 0.15) is 6.92 Å². The zero-order valence-corrected chi connectivity index (χ0v) is 6.39. The first-order valence-corrected chi connectivity index (χ1v) is 3.53. The molecule has 0 bridgehead atoms. The molecule has 1 rings (SSSR count). The summed E-state index contributed by atoms with van der Waals surface area (Å²) in [6, 6.07) is 4.69. The van der Waals surface area contributed by atoms with Gasteiger partial charge in [-0.05, 0) is 25.1 Å². The first kappa shape index (κ1) is 7.85. The third kappa shape index (κ3) is 1.83. The Balaban J connectivity index is 2.86. The van der Waals surface area contributed by atoms with E-state index in [9.17, 15) is 4.39 Å². The van der Waals surface area contributed by atoms with Gasteiger partial charge in [-0.2, -0.15) is 0 Å². The summed E-state index contributed by atoms with van der Waals surface area (Å²) in [6.45, 7) is 2.73. The molecule has 0 unspecified atom stereocenters. The van der Waals surface area contributed by atoms with Gasteiger partial charge in [0.25, 0.3) is 0 Å². The fourth-order valence-electron chi connectivity index (χ4n) is 0.841. The number of nitrogens with one attached hydrogen (secondary N) is 1. The van der Waals surface area contributed by atoms with Crippen LogP contribution in [0.15, 0.2) is 18.2 Å². The third-order valence-corrected chi connectivity index (χ3v) is 1.38. The number of nitrogens with two attached hydrogens (primary N) is 1. The Labute approximate surface area is 65.2 Å². The molecule has 0 saturated carbocycles. The van der Waals surface area contributed by atoms with Crippen molar-refractivity contribution in [2.24, 2.45) is 0 Å². The summed E-state index contributed by atoms with van der Waals surface area (Å²) in [5.41, 5.74) is 6.23. The summed E-state index contributed by atoms with van der Waals surface area (Å²) < 4.78 is 12.7. The van der Waals surface area contributed by atoms with Crippen LogP contribution in [0.4, 0.5) is 15.8 Å². The average molecular weight is 154 g/mol. The molecule has 0 radical (unpaired) electrons. The van der Waals surface area contributed by atoms with Crippen LogP contribution in [-0.2, 0) is 0 Å². The molecule has 0 aliphatic heterocycles. The number of halogens is 1. The van der Waals surface area contributed by atoms with Crippen molar-refractivity contribution in [1.82, 2.24) is 0 Å². The highest BCUT2D eigenvalue weighted by atomic mass is 19.1. The molecule has 1 aromatic rings. The first-order valence-electron chi connectivity index (χ1n) is 3.53. The Morgan fingerprint density at radius 3 is 2.82 bits per heavy atom. The van der Waals surface area contributed by atoms with E-state index in [-0.39, 0.29) is 11.5 Å². The van der Waals surface area contributed by atoms with Crippen molar-refractivity contribution in [2.75, 3.05) is 17.6 Å². The molecule has 60 valence electrons. The fraction of sp³-hybridized carbons (Fsp3) is 0.250. The summed E-state index contributed by atoms with van der Waals surface area (Å²) in [5, 5.41) is 2.98. The van der Waals surface area contributed by atoms with Gasteiger partial charge in [-0.25, -0.2) is 4.39 Å². The van der Waals surface area contributed by atoms with Crippen LogP contribution >= 0.6 is 0 Å². The molecule has 0 aliphatic carbocycles. The number of rotatable bonds is 2. The van der Waals surface area contributed by atoms with Crippen molar-refractivity contribution in [1.29, 1.82) is 0 Å². The lowest BCUT2D eigenvalue weighted by Crippen LogP contribution is -1.98. The van der Waals surface area contributed by atoms with Crippen LogP contribution in [0.5, 0.6) is 0 Å². The molecule has 0 atom stereocenters. The summed E-state index contributed by atoms with van der Waals surface area (Å²) in [7, 11) is 0. The number of benzene rings is 1. The van der Waals surface area contributed by atoms with E-state index < -0.39 is 0 Å². The van der Waals surface area contributed by atoms with E-state index in [0.29, 0.717) is 0 Å². The molecule has 0 fully saturated rings. The highest BCUT2D eigenvalue weighted by molar-refractivity contribution is 5.52. The highest BCUT2D eigenvalue weighted by Crippen LogP contribution is 2.15. The van der Waals surface area contributed by atoms with Gasteiger partial charge in [-0.15, -0.1) is 0 Å². The Morgan fingerprint density at radius 1 is 1.55 bits per heavy atom. The summed E-state index contributed by atoms with van der Waals surface area (Å²) >= 11 is 0. The normalized spacial score (nSPS) is 9.64. The van der Waals surface area contributed by atoms with Crippen LogP contribution in [0.3, 0.4) is 0 Å². The van der Waals surface area contributed by atoms with E-state index >= 15 is 0 Å². The van der Waals surface area contributed by atoms with Crippen molar-refractivity contribution < 1.29 is 4.39 Å². The molecule has 11 heavy (non-hydrogen) atoms. The number of hydrogen-bond donors (Lipinski definition) is 2. The van der Waals surface area contributed by atoms with Crippen molar-refractivity contribution in [3.05, 3.63) is 24.0 Å². The van der Waals surface area contributed by atoms with Crippen LogP contribution in [0, 0.1) is 5.82 Å². The molecule has 3 N–H and O–H groups in total. The zero-order valence-electron chi connectivity index (χ0n) is 6.39. The maximum absolute atomic E-state index is 12.7. The third-order valence-electron chi connectivity index (χ3n) is 1.38. The predicted molar refractivity (Wildman–Crippen MR) is 45.0 cm³/mol. The average Bonchev–Trinajstić information content (AvgIpc) is 1.98. The lowest BCUT2D eigenvalue weighted by Gasteiger charge is -2.03. The Bertz CT molecular complexity index is 248. The maximum Gasteiger partial charge on any atom is 0.148 e. The van der Waals surface area contributed by atoms with Gasteiger partial charge in [0.15, 0.2) is 0 Å². The van der Waals surface area contributed by atoms with Gasteiger partial charge in [0, 0.05) is 12.2 Å². The molecule has 0 aromatic heterocycles. The van der Waals surface area contributed by atoms with Gasteiger partial charge >= 0.3 is 0 Å². The topological polar surface area (TPSA) is 38.0 Å². The van der Waals surface area contributed by atoms with E-state index in [1.165, 1.54) is 6.07 Å². The van der Waals surface area contributed by atoms with E-state index in [1.54, 1.807) is 12.1 Å². The Kier molecular flexibility index (Phi) is 2.31. The van der Waals surface area contributed by atoms with Crippen molar-refractivity contribution in [2.45, 2.75) is 6.92 Å². The summed E-state index contributed by atoms with van der Waals surface area (Å²) in [5.74, 6) is -0.372. The van der Waals surface area contributed by atoms with E-state index in [1.807, 2.05) is 6.92 Å². The van der Waals surface area contributed by atoms with Crippen LogP contribution < -0.4 is 11.1 Å². The molecule has 0 heterocycles. The van der Waals surface area contributed by atoms with Gasteiger partial charge in [-0.1, -0.05) is 0 Å². The molecular formula is C8H11FN2. The molecular weight excluding hydrogens is 143 g/mol. The van der Waals surface area contributed by atoms with Crippen molar-refractivity contribution >= 4 is 11.4 Å². The molecule has 0 amide bonds. The molecule has 0 spiro atoms. The van der Waals surface area contributed by atoms with Gasteiger partial charge in [0.05, 0.1) is 5.69 Å². The zero-order chi connectivity index (χ0) is 8.27. The minimum Gasteiger partial charge on any atom is -0.396 e. The standard InChI is InChI=1S/C8H11FN2/c1-2-11-6-3-4-8(10)7(9)5-6/h3-5,11H,2,10H2,1H3. The second-order valence-corrected chi connectivity index (χ2v) is 2.27. The molecule has 2 nitrogen and oxygen atoms in total. The SMILES string of the molecule is CCNc1ccc(N)c(F)c1. The van der Waals surface area contributed by atoms with Crippen molar-refractivity contribution in [3.8, 4) is 0 Å².